The van der Waals surface area contributed by atoms with Crippen molar-refractivity contribution in [2.24, 2.45) is 0 Å². The molecule has 0 heterocycles. The second kappa shape index (κ2) is 6.13. The average molecular weight is 281 g/mol. The van der Waals surface area contributed by atoms with Crippen molar-refractivity contribution >= 4 is 11.6 Å². The summed E-state index contributed by atoms with van der Waals surface area (Å²) in [6.45, 7) is 8.19. The highest BCUT2D eigenvalue weighted by Crippen LogP contribution is 2.26. The van der Waals surface area contributed by atoms with Crippen LogP contribution < -0.4 is 5.32 Å². The van der Waals surface area contributed by atoms with Crippen LogP contribution in [0.3, 0.4) is 0 Å². The molecule has 0 atom stereocenters. The summed E-state index contributed by atoms with van der Waals surface area (Å²) in [4.78, 5) is 12.6. The monoisotopic (exact) mass is 281 g/mol. The van der Waals surface area contributed by atoms with E-state index in [4.69, 9.17) is 0 Å². The van der Waals surface area contributed by atoms with E-state index < -0.39 is 5.41 Å². The molecule has 2 rings (SSSR count). The summed E-state index contributed by atoms with van der Waals surface area (Å²) in [6.07, 6.45) is 0. The molecule has 2 nitrogen and oxygen atoms in total. The highest BCUT2D eigenvalue weighted by Gasteiger charge is 2.29. The predicted octanol–water partition coefficient (Wildman–Crippen LogP) is 4.73. The minimum atomic E-state index is -0.560. The van der Waals surface area contributed by atoms with Crippen molar-refractivity contribution in [3.8, 4) is 0 Å². The van der Waals surface area contributed by atoms with Crippen molar-refractivity contribution in [2.75, 3.05) is 5.32 Å². The van der Waals surface area contributed by atoms with Crippen LogP contribution in [0.1, 0.15) is 44.7 Å². The van der Waals surface area contributed by atoms with Gasteiger partial charge < -0.3 is 5.32 Å². The number of carbonyl (C=O) groups is 1. The first-order chi connectivity index (χ1) is 9.91. The number of amides is 1. The summed E-state index contributed by atoms with van der Waals surface area (Å²) < 4.78 is 0. The van der Waals surface area contributed by atoms with E-state index in [0.717, 1.165) is 11.3 Å². The Balaban J connectivity index is 2.20. The average Bonchev–Trinajstić information content (AvgIpc) is 2.48. The third-order valence-electron chi connectivity index (χ3n) is 3.87. The Morgan fingerprint density at radius 3 is 2.29 bits per heavy atom. The zero-order chi connectivity index (χ0) is 15.5. The van der Waals surface area contributed by atoms with Gasteiger partial charge in [-0.1, -0.05) is 56.3 Å². The van der Waals surface area contributed by atoms with Crippen molar-refractivity contribution in [1.82, 2.24) is 0 Å². The molecule has 0 aliphatic heterocycles. The Morgan fingerprint density at radius 1 is 1.00 bits per heavy atom. The molecule has 2 aromatic rings. The standard InChI is InChI=1S/C19H23NO/c1-14(2)15-9-8-12-17(13-15)20-18(21)19(3,4)16-10-6-5-7-11-16/h5-14H,1-4H3,(H,20,21). The van der Waals surface area contributed by atoms with Gasteiger partial charge in [0, 0.05) is 5.69 Å². The molecular formula is C19H23NO. The normalized spacial score (nSPS) is 11.5. The third-order valence-corrected chi connectivity index (χ3v) is 3.87. The number of hydrogen-bond donors (Lipinski definition) is 1. The van der Waals surface area contributed by atoms with Crippen LogP contribution in [0.25, 0.3) is 0 Å². The molecule has 0 aliphatic carbocycles. The molecule has 0 saturated heterocycles. The number of anilines is 1. The van der Waals surface area contributed by atoms with Crippen LogP contribution in [0.15, 0.2) is 54.6 Å². The molecule has 0 aliphatic rings. The Labute approximate surface area is 127 Å². The Kier molecular flexibility index (Phi) is 4.46. The Morgan fingerprint density at radius 2 is 1.67 bits per heavy atom. The van der Waals surface area contributed by atoms with Crippen molar-refractivity contribution < 1.29 is 4.79 Å². The summed E-state index contributed by atoms with van der Waals surface area (Å²) >= 11 is 0. The summed E-state index contributed by atoms with van der Waals surface area (Å²) in [5, 5.41) is 3.04. The molecule has 1 N–H and O–H groups in total. The maximum absolute atomic E-state index is 12.6. The lowest BCUT2D eigenvalue weighted by atomic mass is 9.83. The van der Waals surface area contributed by atoms with Crippen molar-refractivity contribution in [2.45, 2.75) is 39.0 Å². The van der Waals surface area contributed by atoms with E-state index in [0.29, 0.717) is 5.92 Å². The molecule has 0 unspecified atom stereocenters. The highest BCUT2D eigenvalue weighted by molar-refractivity contribution is 5.98. The van der Waals surface area contributed by atoms with E-state index in [-0.39, 0.29) is 5.91 Å². The fourth-order valence-corrected chi connectivity index (χ4v) is 2.25. The third kappa shape index (κ3) is 3.52. The van der Waals surface area contributed by atoms with Crippen molar-refractivity contribution in [1.29, 1.82) is 0 Å². The predicted molar refractivity (Wildman–Crippen MR) is 88.6 cm³/mol. The summed E-state index contributed by atoms with van der Waals surface area (Å²) in [5.74, 6) is 0.457. The lowest BCUT2D eigenvalue weighted by Crippen LogP contribution is -2.34. The number of benzene rings is 2. The van der Waals surface area contributed by atoms with Gasteiger partial charge in [-0.2, -0.15) is 0 Å². The molecule has 0 fully saturated rings. The molecule has 2 heteroatoms. The molecule has 1 amide bonds. The van der Waals surface area contributed by atoms with Crippen LogP contribution in [0.2, 0.25) is 0 Å². The summed E-state index contributed by atoms with van der Waals surface area (Å²) in [5.41, 5.74) is 2.54. The molecule has 0 spiro atoms. The molecule has 0 saturated carbocycles. The first-order valence-electron chi connectivity index (χ1n) is 7.38. The van der Waals surface area contributed by atoms with Crippen LogP contribution in [-0.2, 0) is 10.2 Å². The largest absolute Gasteiger partial charge is 0.325 e. The van der Waals surface area contributed by atoms with E-state index in [1.54, 1.807) is 0 Å². The van der Waals surface area contributed by atoms with E-state index in [1.807, 2.05) is 62.4 Å². The van der Waals surface area contributed by atoms with E-state index >= 15 is 0 Å². The highest BCUT2D eigenvalue weighted by atomic mass is 16.2. The van der Waals surface area contributed by atoms with Gasteiger partial charge in [-0.15, -0.1) is 0 Å². The number of nitrogens with one attached hydrogen (secondary N) is 1. The van der Waals surface area contributed by atoms with Crippen LogP contribution >= 0.6 is 0 Å². The minimum Gasteiger partial charge on any atom is -0.325 e. The number of rotatable bonds is 4. The molecule has 0 radical (unpaired) electrons. The number of carbonyl (C=O) groups excluding carboxylic acids is 1. The van der Waals surface area contributed by atoms with Crippen LogP contribution in [0.5, 0.6) is 0 Å². The lowest BCUT2D eigenvalue weighted by molar-refractivity contribution is -0.120. The maximum Gasteiger partial charge on any atom is 0.234 e. The molecule has 0 bridgehead atoms. The van der Waals surface area contributed by atoms with Gasteiger partial charge in [0.05, 0.1) is 5.41 Å². The Bertz CT molecular complexity index is 614. The second-order valence-corrected chi connectivity index (χ2v) is 6.23. The van der Waals surface area contributed by atoms with Gasteiger partial charge >= 0.3 is 0 Å². The first-order valence-corrected chi connectivity index (χ1v) is 7.38. The van der Waals surface area contributed by atoms with E-state index in [1.165, 1.54) is 5.56 Å². The number of hydrogen-bond acceptors (Lipinski definition) is 1. The molecule has 2 aromatic carbocycles. The molecule has 21 heavy (non-hydrogen) atoms. The van der Waals surface area contributed by atoms with Crippen molar-refractivity contribution in [3.05, 3.63) is 65.7 Å². The zero-order valence-corrected chi connectivity index (χ0v) is 13.2. The maximum atomic E-state index is 12.6. The zero-order valence-electron chi connectivity index (χ0n) is 13.2. The second-order valence-electron chi connectivity index (χ2n) is 6.23. The van der Waals surface area contributed by atoms with Crippen LogP contribution in [0, 0.1) is 0 Å². The molecular weight excluding hydrogens is 258 g/mol. The molecule has 0 aromatic heterocycles. The van der Waals surface area contributed by atoms with E-state index in [9.17, 15) is 4.79 Å². The Hall–Kier alpha value is -2.09. The first kappa shape index (κ1) is 15.3. The van der Waals surface area contributed by atoms with Gasteiger partial charge in [-0.25, -0.2) is 0 Å². The lowest BCUT2D eigenvalue weighted by Gasteiger charge is -2.24. The quantitative estimate of drug-likeness (QED) is 0.862. The van der Waals surface area contributed by atoms with E-state index in [2.05, 4.69) is 25.2 Å². The van der Waals surface area contributed by atoms with Crippen molar-refractivity contribution in [3.63, 3.8) is 0 Å². The smallest absolute Gasteiger partial charge is 0.234 e. The van der Waals surface area contributed by atoms with Gasteiger partial charge in [0.1, 0.15) is 0 Å². The summed E-state index contributed by atoms with van der Waals surface area (Å²) in [7, 11) is 0. The topological polar surface area (TPSA) is 29.1 Å². The SMILES string of the molecule is CC(C)c1cccc(NC(=O)C(C)(C)c2ccccc2)c1. The van der Waals surface area contributed by atoms with Gasteiger partial charge in [0.2, 0.25) is 5.91 Å². The van der Waals surface area contributed by atoms with Gasteiger partial charge in [-0.05, 0) is 43.0 Å². The summed E-state index contributed by atoms with van der Waals surface area (Å²) in [6, 6.07) is 17.9. The fourth-order valence-electron chi connectivity index (χ4n) is 2.25. The van der Waals surface area contributed by atoms with Crippen LogP contribution in [0.4, 0.5) is 5.69 Å². The van der Waals surface area contributed by atoms with Gasteiger partial charge in [0.25, 0.3) is 0 Å². The van der Waals surface area contributed by atoms with Gasteiger partial charge in [-0.3, -0.25) is 4.79 Å². The van der Waals surface area contributed by atoms with Crippen LogP contribution in [-0.4, -0.2) is 5.91 Å². The molecule has 110 valence electrons. The fraction of sp³-hybridized carbons (Fsp3) is 0.316. The van der Waals surface area contributed by atoms with Gasteiger partial charge in [0.15, 0.2) is 0 Å². The minimum absolute atomic E-state index is 0.00889.